The lowest BCUT2D eigenvalue weighted by Gasteiger charge is -2.27. The number of nitrogens with zero attached hydrogens (tertiary/aromatic N) is 1. The number of benzene rings is 1. The lowest BCUT2D eigenvalue weighted by molar-refractivity contribution is 0.242. The molecule has 1 rings (SSSR count). The largest absolute Gasteiger partial charge is 0.300 e. The van der Waals surface area contributed by atoms with Crippen LogP contribution in [-0.4, -0.2) is 24.4 Å². The van der Waals surface area contributed by atoms with Gasteiger partial charge in [0, 0.05) is 16.9 Å². The minimum Gasteiger partial charge on any atom is -0.300 e. The minimum absolute atomic E-state index is 0.349. The summed E-state index contributed by atoms with van der Waals surface area (Å²) in [6.07, 6.45) is 2.27. The second-order valence-electron chi connectivity index (χ2n) is 5.05. The molecule has 1 aromatic carbocycles. The highest BCUT2D eigenvalue weighted by Gasteiger charge is 2.14. The number of halogens is 2. The van der Waals surface area contributed by atoms with Crippen molar-refractivity contribution >= 4 is 23.2 Å². The quantitative estimate of drug-likeness (QED) is 0.639. The van der Waals surface area contributed by atoms with Crippen LogP contribution in [0.5, 0.6) is 0 Å². The molecular weight excluding hydrogens is 265 g/mol. The molecule has 0 spiro atoms. The number of hydrogen-bond donors (Lipinski definition) is 0. The molecule has 0 amide bonds. The molecule has 1 nitrogen and oxygen atoms in total. The van der Waals surface area contributed by atoms with E-state index in [0.717, 1.165) is 23.9 Å². The van der Waals surface area contributed by atoms with Crippen LogP contribution in [0.1, 0.15) is 38.3 Å². The summed E-state index contributed by atoms with van der Waals surface area (Å²) in [4.78, 5) is 2.35. The van der Waals surface area contributed by atoms with Crippen LogP contribution in [0.3, 0.4) is 0 Å². The Bertz CT molecular complexity index is 354. The zero-order valence-electron chi connectivity index (χ0n) is 11.5. The predicted octanol–water partition coefficient (Wildman–Crippen LogP) is 4.99. The highest BCUT2D eigenvalue weighted by molar-refractivity contribution is 6.31. The molecule has 0 aliphatic heterocycles. The Kier molecular flexibility index (Phi) is 7.06. The fraction of sp³-hybridized carbons (Fsp3) is 0.600. The Morgan fingerprint density at radius 1 is 1.17 bits per heavy atom. The number of rotatable bonds is 7. The van der Waals surface area contributed by atoms with Crippen LogP contribution < -0.4 is 0 Å². The monoisotopic (exact) mass is 287 g/mol. The summed E-state index contributed by atoms with van der Waals surface area (Å²) in [7, 11) is 2.15. The summed E-state index contributed by atoms with van der Waals surface area (Å²) in [6, 6.07) is 8.42. The van der Waals surface area contributed by atoms with Crippen LogP contribution >= 0.6 is 23.2 Å². The molecular formula is C15H23Cl2N. The Morgan fingerprint density at radius 2 is 1.83 bits per heavy atom. The van der Waals surface area contributed by atoms with E-state index in [9.17, 15) is 0 Å². The highest BCUT2D eigenvalue weighted by atomic mass is 35.5. The van der Waals surface area contributed by atoms with Crippen molar-refractivity contribution in [2.24, 2.45) is 5.92 Å². The van der Waals surface area contributed by atoms with Gasteiger partial charge in [0.15, 0.2) is 0 Å². The lowest BCUT2D eigenvalue weighted by Crippen LogP contribution is -2.25. The fourth-order valence-corrected chi connectivity index (χ4v) is 2.67. The Balaban J connectivity index is 2.51. The first-order valence-corrected chi connectivity index (χ1v) is 7.48. The molecule has 3 heteroatoms. The normalized spacial score (nSPS) is 14.8. The standard InChI is InChI=1S/C15H23Cl2N/c1-12(8-10-16)9-11-18(3)13(2)14-6-4-5-7-15(14)17/h4-7,12-13H,8-11H2,1-3H3. The molecule has 2 atom stereocenters. The summed E-state index contributed by atoms with van der Waals surface area (Å²) in [5.41, 5.74) is 1.20. The number of hydrogen-bond acceptors (Lipinski definition) is 1. The van der Waals surface area contributed by atoms with Crippen LogP contribution in [0, 0.1) is 5.92 Å². The average molecular weight is 288 g/mol. The van der Waals surface area contributed by atoms with E-state index in [1.165, 1.54) is 12.0 Å². The molecule has 2 unspecified atom stereocenters. The van der Waals surface area contributed by atoms with E-state index in [-0.39, 0.29) is 0 Å². The highest BCUT2D eigenvalue weighted by Crippen LogP contribution is 2.26. The summed E-state index contributed by atoms with van der Waals surface area (Å²) in [6.45, 7) is 5.54. The van der Waals surface area contributed by atoms with Crippen LogP contribution in [-0.2, 0) is 0 Å². The zero-order chi connectivity index (χ0) is 13.5. The second kappa shape index (κ2) is 8.04. The summed E-state index contributed by atoms with van der Waals surface area (Å²) < 4.78 is 0. The molecule has 0 radical (unpaired) electrons. The van der Waals surface area contributed by atoms with Crippen LogP contribution in [0.25, 0.3) is 0 Å². The molecule has 0 aromatic heterocycles. The molecule has 0 fully saturated rings. The summed E-state index contributed by atoms with van der Waals surface area (Å²) >= 11 is 12.0. The molecule has 0 bridgehead atoms. The Labute approximate surface area is 121 Å². The van der Waals surface area contributed by atoms with E-state index in [4.69, 9.17) is 23.2 Å². The van der Waals surface area contributed by atoms with Gasteiger partial charge in [0.1, 0.15) is 0 Å². The van der Waals surface area contributed by atoms with Gasteiger partial charge >= 0.3 is 0 Å². The molecule has 1 aromatic rings. The predicted molar refractivity (Wildman–Crippen MR) is 81.6 cm³/mol. The first kappa shape index (κ1) is 15.8. The van der Waals surface area contributed by atoms with Gasteiger partial charge in [-0.05, 0) is 50.9 Å². The van der Waals surface area contributed by atoms with Crippen molar-refractivity contribution in [1.29, 1.82) is 0 Å². The van der Waals surface area contributed by atoms with Crippen molar-refractivity contribution in [1.82, 2.24) is 4.90 Å². The second-order valence-corrected chi connectivity index (χ2v) is 5.83. The van der Waals surface area contributed by atoms with Gasteiger partial charge in [0.25, 0.3) is 0 Å². The maximum atomic E-state index is 6.23. The molecule has 102 valence electrons. The van der Waals surface area contributed by atoms with Crippen LogP contribution in [0.4, 0.5) is 0 Å². The van der Waals surface area contributed by atoms with Crippen molar-refractivity contribution in [2.45, 2.75) is 32.7 Å². The third kappa shape index (κ3) is 4.79. The van der Waals surface area contributed by atoms with E-state index in [1.807, 2.05) is 18.2 Å². The van der Waals surface area contributed by atoms with E-state index < -0.39 is 0 Å². The van der Waals surface area contributed by atoms with Crippen LogP contribution in [0.2, 0.25) is 5.02 Å². The molecule has 0 saturated heterocycles. The SMILES string of the molecule is CC(CCCl)CCN(C)C(C)c1ccccc1Cl. The summed E-state index contributed by atoms with van der Waals surface area (Å²) in [5, 5.41) is 0.852. The van der Waals surface area contributed by atoms with Gasteiger partial charge in [-0.25, -0.2) is 0 Å². The Morgan fingerprint density at radius 3 is 2.44 bits per heavy atom. The summed E-state index contributed by atoms with van der Waals surface area (Å²) in [5.74, 6) is 1.44. The molecule has 0 aliphatic carbocycles. The topological polar surface area (TPSA) is 3.24 Å². The molecule has 0 aliphatic rings. The minimum atomic E-state index is 0.349. The molecule has 0 saturated carbocycles. The third-order valence-corrected chi connectivity index (χ3v) is 4.16. The van der Waals surface area contributed by atoms with Crippen molar-refractivity contribution in [3.8, 4) is 0 Å². The van der Waals surface area contributed by atoms with E-state index in [2.05, 4.69) is 31.9 Å². The van der Waals surface area contributed by atoms with Gasteiger partial charge in [0.2, 0.25) is 0 Å². The molecule has 0 heterocycles. The maximum absolute atomic E-state index is 6.23. The zero-order valence-corrected chi connectivity index (χ0v) is 13.0. The van der Waals surface area contributed by atoms with Gasteiger partial charge in [-0.1, -0.05) is 36.7 Å². The van der Waals surface area contributed by atoms with Crippen molar-refractivity contribution in [3.63, 3.8) is 0 Å². The van der Waals surface area contributed by atoms with Crippen LogP contribution in [0.15, 0.2) is 24.3 Å². The fourth-order valence-electron chi connectivity index (χ4n) is 2.00. The lowest BCUT2D eigenvalue weighted by atomic mass is 10.0. The van der Waals surface area contributed by atoms with Gasteiger partial charge in [-0.15, -0.1) is 11.6 Å². The van der Waals surface area contributed by atoms with Gasteiger partial charge in [0.05, 0.1) is 0 Å². The van der Waals surface area contributed by atoms with E-state index in [1.54, 1.807) is 0 Å². The van der Waals surface area contributed by atoms with Gasteiger partial charge in [-0.3, -0.25) is 4.90 Å². The molecule has 0 N–H and O–H groups in total. The van der Waals surface area contributed by atoms with Gasteiger partial charge in [-0.2, -0.15) is 0 Å². The van der Waals surface area contributed by atoms with Gasteiger partial charge < -0.3 is 0 Å². The van der Waals surface area contributed by atoms with E-state index >= 15 is 0 Å². The first-order chi connectivity index (χ1) is 8.56. The first-order valence-electron chi connectivity index (χ1n) is 6.57. The maximum Gasteiger partial charge on any atom is 0.0453 e. The van der Waals surface area contributed by atoms with Crippen molar-refractivity contribution in [3.05, 3.63) is 34.9 Å². The molecule has 18 heavy (non-hydrogen) atoms. The van der Waals surface area contributed by atoms with Crippen molar-refractivity contribution < 1.29 is 0 Å². The smallest absolute Gasteiger partial charge is 0.0453 e. The van der Waals surface area contributed by atoms with E-state index in [0.29, 0.717) is 12.0 Å². The average Bonchev–Trinajstić information content (AvgIpc) is 2.36. The Hall–Kier alpha value is -0.240. The third-order valence-electron chi connectivity index (χ3n) is 3.59. The van der Waals surface area contributed by atoms with Crippen molar-refractivity contribution in [2.75, 3.05) is 19.5 Å². The number of alkyl halides is 1.